The maximum Gasteiger partial charge on any atom is -0.00588 e. The minimum Gasteiger partial charge on any atom is -0.0616 e. The summed E-state index contributed by atoms with van der Waals surface area (Å²) < 4.78 is 0. The summed E-state index contributed by atoms with van der Waals surface area (Å²) in [4.78, 5) is 0. The third kappa shape index (κ3) is 3.11. The van der Waals surface area contributed by atoms with Gasteiger partial charge in [0.05, 0.1) is 0 Å². The van der Waals surface area contributed by atoms with E-state index in [4.69, 9.17) is 0 Å². The average molecular weight is 367 g/mol. The van der Waals surface area contributed by atoms with Crippen LogP contribution in [0.2, 0.25) is 0 Å². The molecule has 0 aliphatic rings. The van der Waals surface area contributed by atoms with Crippen LogP contribution in [0.1, 0.15) is 52.7 Å². The Hall–Kier alpha value is -2.60. The van der Waals surface area contributed by atoms with Gasteiger partial charge in [-0.1, -0.05) is 114 Å². The van der Waals surface area contributed by atoms with Gasteiger partial charge in [-0.25, -0.2) is 0 Å². The van der Waals surface area contributed by atoms with E-state index >= 15 is 0 Å². The SMILES string of the molecule is CC(C)(C)c1cc2ccccc2c(-c2cccc3ccccc23)c1C(C)(C)C. The largest absolute Gasteiger partial charge is 0.0616 e. The van der Waals surface area contributed by atoms with E-state index < -0.39 is 0 Å². The van der Waals surface area contributed by atoms with Crippen LogP contribution in [0.15, 0.2) is 72.8 Å². The van der Waals surface area contributed by atoms with E-state index in [0.717, 1.165) is 0 Å². The van der Waals surface area contributed by atoms with Gasteiger partial charge in [0.2, 0.25) is 0 Å². The summed E-state index contributed by atoms with van der Waals surface area (Å²) in [6, 6.07) is 26.7. The molecule has 0 saturated heterocycles. The van der Waals surface area contributed by atoms with Gasteiger partial charge in [0, 0.05) is 0 Å². The maximum absolute atomic E-state index is 2.42. The molecule has 0 aliphatic heterocycles. The Balaban J connectivity index is 2.27. The molecule has 0 N–H and O–H groups in total. The van der Waals surface area contributed by atoms with Crippen LogP contribution in [0.5, 0.6) is 0 Å². The van der Waals surface area contributed by atoms with Crippen molar-refractivity contribution in [1.29, 1.82) is 0 Å². The van der Waals surface area contributed by atoms with E-state index in [2.05, 4.69) is 114 Å². The van der Waals surface area contributed by atoms with Gasteiger partial charge in [-0.15, -0.1) is 0 Å². The predicted molar refractivity (Wildman–Crippen MR) is 124 cm³/mol. The van der Waals surface area contributed by atoms with E-state index in [1.54, 1.807) is 0 Å². The number of benzene rings is 4. The molecule has 0 amide bonds. The molecule has 28 heavy (non-hydrogen) atoms. The Morgan fingerprint density at radius 1 is 0.536 bits per heavy atom. The molecule has 0 atom stereocenters. The molecule has 4 aromatic carbocycles. The third-order valence-corrected chi connectivity index (χ3v) is 5.67. The van der Waals surface area contributed by atoms with E-state index in [1.807, 2.05) is 0 Å². The van der Waals surface area contributed by atoms with Gasteiger partial charge >= 0.3 is 0 Å². The fraction of sp³-hybridized carbons (Fsp3) is 0.286. The molecule has 0 nitrogen and oxygen atoms in total. The van der Waals surface area contributed by atoms with Crippen molar-refractivity contribution in [1.82, 2.24) is 0 Å². The monoisotopic (exact) mass is 366 g/mol. The van der Waals surface area contributed by atoms with Crippen molar-refractivity contribution in [3.05, 3.63) is 83.9 Å². The molecule has 0 radical (unpaired) electrons. The van der Waals surface area contributed by atoms with Crippen molar-refractivity contribution >= 4 is 21.5 Å². The number of hydrogen-bond acceptors (Lipinski definition) is 0. The van der Waals surface area contributed by atoms with Crippen molar-refractivity contribution < 1.29 is 0 Å². The van der Waals surface area contributed by atoms with Gasteiger partial charge in [-0.3, -0.25) is 0 Å². The molecule has 0 saturated carbocycles. The first kappa shape index (κ1) is 18.7. The van der Waals surface area contributed by atoms with Gasteiger partial charge in [0.1, 0.15) is 0 Å². The summed E-state index contributed by atoms with van der Waals surface area (Å²) in [6.07, 6.45) is 0. The van der Waals surface area contributed by atoms with E-state index in [9.17, 15) is 0 Å². The summed E-state index contributed by atoms with van der Waals surface area (Å²) in [5, 5.41) is 5.29. The first-order valence-electron chi connectivity index (χ1n) is 10.2. The lowest BCUT2D eigenvalue weighted by Crippen LogP contribution is -2.23. The molecule has 0 bridgehead atoms. The van der Waals surface area contributed by atoms with Gasteiger partial charge in [-0.2, -0.15) is 0 Å². The fourth-order valence-electron chi connectivity index (χ4n) is 4.44. The highest BCUT2D eigenvalue weighted by Gasteiger charge is 2.30. The van der Waals surface area contributed by atoms with Crippen molar-refractivity contribution in [3.63, 3.8) is 0 Å². The van der Waals surface area contributed by atoms with Gasteiger partial charge in [0.15, 0.2) is 0 Å². The summed E-state index contributed by atoms with van der Waals surface area (Å²) >= 11 is 0. The lowest BCUT2D eigenvalue weighted by Gasteiger charge is -2.34. The van der Waals surface area contributed by atoms with E-state index in [1.165, 1.54) is 43.8 Å². The predicted octanol–water partition coefficient (Wildman–Crippen LogP) is 8.26. The zero-order chi connectivity index (χ0) is 20.1. The second-order valence-electron chi connectivity index (χ2n) is 9.92. The Labute approximate surface area is 169 Å². The molecule has 4 aromatic rings. The summed E-state index contributed by atoms with van der Waals surface area (Å²) in [5.41, 5.74) is 5.76. The lowest BCUT2D eigenvalue weighted by molar-refractivity contribution is 0.533. The van der Waals surface area contributed by atoms with E-state index in [-0.39, 0.29) is 10.8 Å². The number of rotatable bonds is 1. The van der Waals surface area contributed by atoms with E-state index in [0.29, 0.717) is 0 Å². The number of fused-ring (bicyclic) bond motifs is 2. The first-order valence-corrected chi connectivity index (χ1v) is 10.2. The lowest BCUT2D eigenvalue weighted by atomic mass is 9.70. The van der Waals surface area contributed by atoms with Gasteiger partial charge in [-0.05, 0) is 54.6 Å². The minimum atomic E-state index is 0.0406. The molecule has 4 rings (SSSR count). The molecule has 0 aliphatic carbocycles. The number of hydrogen-bond donors (Lipinski definition) is 0. The average Bonchev–Trinajstić information content (AvgIpc) is 2.64. The molecular formula is C28H30. The molecular weight excluding hydrogens is 336 g/mol. The van der Waals surface area contributed by atoms with Crippen molar-refractivity contribution in [2.75, 3.05) is 0 Å². The van der Waals surface area contributed by atoms with Crippen molar-refractivity contribution in [2.24, 2.45) is 0 Å². The van der Waals surface area contributed by atoms with Crippen LogP contribution in [0.25, 0.3) is 32.7 Å². The summed E-state index contributed by atoms with van der Waals surface area (Å²) in [7, 11) is 0. The third-order valence-electron chi connectivity index (χ3n) is 5.67. The van der Waals surface area contributed by atoms with Crippen LogP contribution in [0.3, 0.4) is 0 Å². The quantitative estimate of drug-likeness (QED) is 0.318. The van der Waals surface area contributed by atoms with Crippen molar-refractivity contribution in [3.8, 4) is 11.1 Å². The van der Waals surface area contributed by atoms with Gasteiger partial charge in [0.25, 0.3) is 0 Å². The molecule has 0 heteroatoms. The Morgan fingerprint density at radius 2 is 1.11 bits per heavy atom. The summed E-state index contributed by atoms with van der Waals surface area (Å²) in [6.45, 7) is 14.0. The highest BCUT2D eigenvalue weighted by Crippen LogP contribution is 2.46. The van der Waals surface area contributed by atoms with Crippen molar-refractivity contribution in [2.45, 2.75) is 52.4 Å². The topological polar surface area (TPSA) is 0 Å². The molecule has 0 unspecified atom stereocenters. The van der Waals surface area contributed by atoms with Crippen LogP contribution in [-0.4, -0.2) is 0 Å². The Kier molecular flexibility index (Phi) is 4.34. The molecule has 0 spiro atoms. The molecule has 0 aromatic heterocycles. The summed E-state index contributed by atoms with van der Waals surface area (Å²) in [5.74, 6) is 0. The fourth-order valence-corrected chi connectivity index (χ4v) is 4.44. The van der Waals surface area contributed by atoms with Gasteiger partial charge < -0.3 is 0 Å². The first-order chi connectivity index (χ1) is 13.2. The molecule has 0 heterocycles. The molecule has 0 fully saturated rings. The maximum atomic E-state index is 2.42. The second-order valence-corrected chi connectivity index (χ2v) is 9.92. The normalized spacial score (nSPS) is 12.6. The Bertz CT molecular complexity index is 1160. The zero-order valence-corrected chi connectivity index (χ0v) is 17.9. The second kappa shape index (κ2) is 6.48. The zero-order valence-electron chi connectivity index (χ0n) is 17.9. The smallest absolute Gasteiger partial charge is 0.00588 e. The van der Waals surface area contributed by atoms with Crippen LogP contribution in [0.4, 0.5) is 0 Å². The Morgan fingerprint density at radius 3 is 1.75 bits per heavy atom. The standard InChI is InChI=1S/C28H30/c1-27(2,3)24-18-20-13-8-10-16-22(20)25(26(24)28(4,5)6)23-17-11-14-19-12-7-9-15-21(19)23/h7-18H,1-6H3. The van der Waals surface area contributed by atoms with Crippen LogP contribution >= 0.6 is 0 Å². The highest BCUT2D eigenvalue weighted by atomic mass is 14.3. The van der Waals surface area contributed by atoms with Crippen LogP contribution in [0, 0.1) is 0 Å². The minimum absolute atomic E-state index is 0.0406. The van der Waals surface area contributed by atoms with Crippen LogP contribution < -0.4 is 0 Å². The van der Waals surface area contributed by atoms with Crippen LogP contribution in [-0.2, 0) is 10.8 Å². The molecule has 142 valence electrons. The highest BCUT2D eigenvalue weighted by molar-refractivity contribution is 6.07.